The fourth-order valence-corrected chi connectivity index (χ4v) is 2.91. The standard InChI is InChI=1S/C19H21FN4O/c1-3-11-23(12-4-2)19(25)16-13-22-24-17(9-10-21-18(16)24)14-5-7-15(20)8-6-14/h5-10,13H,3-4,11-12H2,1-2H3. The van der Waals surface area contributed by atoms with Crippen molar-refractivity contribution in [1.29, 1.82) is 0 Å². The Bertz CT molecular complexity index is 867. The van der Waals surface area contributed by atoms with Crippen molar-refractivity contribution in [3.05, 3.63) is 54.1 Å². The van der Waals surface area contributed by atoms with Gasteiger partial charge in [0.2, 0.25) is 0 Å². The van der Waals surface area contributed by atoms with E-state index in [4.69, 9.17) is 0 Å². The number of hydrogen-bond donors (Lipinski definition) is 0. The van der Waals surface area contributed by atoms with Gasteiger partial charge in [0.25, 0.3) is 5.91 Å². The summed E-state index contributed by atoms with van der Waals surface area (Å²) in [7, 11) is 0. The van der Waals surface area contributed by atoms with E-state index >= 15 is 0 Å². The van der Waals surface area contributed by atoms with Crippen LogP contribution in [0.3, 0.4) is 0 Å². The van der Waals surface area contributed by atoms with Crippen molar-refractivity contribution in [3.8, 4) is 11.3 Å². The van der Waals surface area contributed by atoms with Crippen molar-refractivity contribution in [3.63, 3.8) is 0 Å². The van der Waals surface area contributed by atoms with Crippen LogP contribution >= 0.6 is 0 Å². The molecule has 0 aliphatic carbocycles. The van der Waals surface area contributed by atoms with Crippen LogP contribution < -0.4 is 0 Å². The van der Waals surface area contributed by atoms with E-state index in [9.17, 15) is 9.18 Å². The number of benzene rings is 1. The first-order chi connectivity index (χ1) is 12.2. The van der Waals surface area contributed by atoms with E-state index in [-0.39, 0.29) is 11.7 Å². The smallest absolute Gasteiger partial charge is 0.259 e. The highest BCUT2D eigenvalue weighted by Crippen LogP contribution is 2.22. The Kier molecular flexibility index (Phi) is 5.07. The lowest BCUT2D eigenvalue weighted by atomic mass is 10.1. The molecule has 6 heteroatoms. The van der Waals surface area contributed by atoms with Crippen molar-refractivity contribution in [2.24, 2.45) is 0 Å². The van der Waals surface area contributed by atoms with Crippen LogP contribution in [0.5, 0.6) is 0 Å². The molecule has 2 heterocycles. The van der Waals surface area contributed by atoms with E-state index in [1.54, 1.807) is 35.1 Å². The maximum Gasteiger partial charge on any atom is 0.259 e. The summed E-state index contributed by atoms with van der Waals surface area (Å²) in [5.74, 6) is -0.345. The number of carbonyl (C=O) groups excluding carboxylic acids is 1. The predicted octanol–water partition coefficient (Wildman–Crippen LogP) is 3.80. The van der Waals surface area contributed by atoms with Gasteiger partial charge in [0.05, 0.1) is 11.9 Å². The minimum absolute atomic E-state index is 0.0533. The number of rotatable bonds is 6. The molecule has 3 rings (SSSR count). The molecule has 2 aromatic heterocycles. The molecule has 0 radical (unpaired) electrons. The van der Waals surface area contributed by atoms with Gasteiger partial charge < -0.3 is 4.90 Å². The number of hydrogen-bond acceptors (Lipinski definition) is 3. The third kappa shape index (κ3) is 3.38. The zero-order chi connectivity index (χ0) is 17.8. The predicted molar refractivity (Wildman–Crippen MR) is 94.9 cm³/mol. The summed E-state index contributed by atoms with van der Waals surface area (Å²) in [4.78, 5) is 19.1. The summed E-state index contributed by atoms with van der Waals surface area (Å²) < 4.78 is 14.8. The Balaban J connectivity index is 2.03. The summed E-state index contributed by atoms with van der Waals surface area (Å²) in [5.41, 5.74) is 2.59. The second kappa shape index (κ2) is 7.42. The summed E-state index contributed by atoms with van der Waals surface area (Å²) in [6.45, 7) is 5.52. The lowest BCUT2D eigenvalue weighted by Gasteiger charge is -2.20. The SMILES string of the molecule is CCCN(CCC)C(=O)c1cnn2c(-c3ccc(F)cc3)ccnc12. The molecule has 0 unspecified atom stereocenters. The van der Waals surface area contributed by atoms with Crippen molar-refractivity contribution in [2.75, 3.05) is 13.1 Å². The lowest BCUT2D eigenvalue weighted by molar-refractivity contribution is 0.0757. The first kappa shape index (κ1) is 17.1. The second-order valence-electron chi connectivity index (χ2n) is 5.92. The van der Waals surface area contributed by atoms with Gasteiger partial charge in [-0.1, -0.05) is 13.8 Å². The molecule has 0 atom stereocenters. The molecule has 0 fully saturated rings. The van der Waals surface area contributed by atoms with Crippen molar-refractivity contribution in [2.45, 2.75) is 26.7 Å². The topological polar surface area (TPSA) is 50.5 Å². The van der Waals surface area contributed by atoms with E-state index < -0.39 is 0 Å². The molecule has 1 amide bonds. The molecule has 3 aromatic rings. The zero-order valence-electron chi connectivity index (χ0n) is 14.4. The molecule has 0 saturated carbocycles. The van der Waals surface area contributed by atoms with Gasteiger partial charge >= 0.3 is 0 Å². The average Bonchev–Trinajstić information content (AvgIpc) is 3.06. The summed E-state index contributed by atoms with van der Waals surface area (Å²) in [6, 6.07) is 7.99. The first-order valence-electron chi connectivity index (χ1n) is 8.53. The number of carbonyl (C=O) groups is 1. The molecule has 1 aromatic carbocycles. The molecule has 0 aliphatic heterocycles. The van der Waals surface area contributed by atoms with Crippen LogP contribution in [0, 0.1) is 5.82 Å². The zero-order valence-corrected chi connectivity index (χ0v) is 14.4. The minimum atomic E-state index is -0.292. The Morgan fingerprint density at radius 2 is 1.80 bits per heavy atom. The lowest BCUT2D eigenvalue weighted by Crippen LogP contribution is -2.32. The van der Waals surface area contributed by atoms with Crippen molar-refractivity contribution >= 4 is 11.6 Å². The van der Waals surface area contributed by atoms with Gasteiger partial charge in [-0.15, -0.1) is 0 Å². The maximum absolute atomic E-state index is 13.2. The van der Waals surface area contributed by atoms with Crippen LogP contribution in [0.4, 0.5) is 4.39 Å². The van der Waals surface area contributed by atoms with Crippen molar-refractivity contribution < 1.29 is 9.18 Å². The van der Waals surface area contributed by atoms with Gasteiger partial charge in [0.15, 0.2) is 5.65 Å². The molecular weight excluding hydrogens is 319 g/mol. The fourth-order valence-electron chi connectivity index (χ4n) is 2.91. The Labute approximate surface area is 146 Å². The quantitative estimate of drug-likeness (QED) is 0.686. The summed E-state index contributed by atoms with van der Waals surface area (Å²) >= 11 is 0. The van der Waals surface area contributed by atoms with E-state index in [1.807, 2.05) is 4.90 Å². The van der Waals surface area contributed by atoms with E-state index in [0.29, 0.717) is 24.3 Å². The normalized spacial score (nSPS) is 11.0. The highest BCUT2D eigenvalue weighted by atomic mass is 19.1. The number of amides is 1. The van der Waals surface area contributed by atoms with Crippen LogP contribution in [0.2, 0.25) is 0 Å². The number of aromatic nitrogens is 3. The van der Waals surface area contributed by atoms with Crippen LogP contribution in [0.1, 0.15) is 37.0 Å². The molecule has 0 spiro atoms. The van der Waals surface area contributed by atoms with Gasteiger partial charge in [-0.3, -0.25) is 4.79 Å². The van der Waals surface area contributed by atoms with Crippen LogP contribution in [-0.4, -0.2) is 38.5 Å². The number of halogens is 1. The van der Waals surface area contributed by atoms with Gasteiger partial charge in [0.1, 0.15) is 11.4 Å². The Hall–Kier alpha value is -2.76. The molecule has 0 N–H and O–H groups in total. The van der Waals surface area contributed by atoms with Crippen LogP contribution in [0.15, 0.2) is 42.7 Å². The third-order valence-electron chi connectivity index (χ3n) is 4.05. The third-order valence-corrected chi connectivity index (χ3v) is 4.05. The van der Waals surface area contributed by atoms with Gasteiger partial charge in [-0.25, -0.2) is 13.9 Å². The summed E-state index contributed by atoms with van der Waals surface area (Å²) in [6.07, 6.45) is 5.02. The molecule has 0 saturated heterocycles. The highest BCUT2D eigenvalue weighted by Gasteiger charge is 2.20. The average molecular weight is 340 g/mol. The van der Waals surface area contributed by atoms with Crippen LogP contribution in [0.25, 0.3) is 16.9 Å². The monoisotopic (exact) mass is 340 g/mol. The van der Waals surface area contributed by atoms with Gasteiger partial charge in [0, 0.05) is 24.8 Å². The molecule has 130 valence electrons. The second-order valence-corrected chi connectivity index (χ2v) is 5.92. The number of nitrogens with zero attached hydrogens (tertiary/aromatic N) is 4. The fraction of sp³-hybridized carbons (Fsp3) is 0.316. The summed E-state index contributed by atoms with van der Waals surface area (Å²) in [5, 5.41) is 4.35. The largest absolute Gasteiger partial charge is 0.339 e. The van der Waals surface area contributed by atoms with E-state index in [1.165, 1.54) is 12.1 Å². The van der Waals surface area contributed by atoms with E-state index in [2.05, 4.69) is 23.9 Å². The van der Waals surface area contributed by atoms with Crippen LogP contribution in [-0.2, 0) is 0 Å². The number of fused-ring (bicyclic) bond motifs is 1. The van der Waals surface area contributed by atoms with Gasteiger partial charge in [-0.2, -0.15) is 5.10 Å². The molecule has 0 aliphatic rings. The molecule has 5 nitrogen and oxygen atoms in total. The Morgan fingerprint density at radius 3 is 2.44 bits per heavy atom. The minimum Gasteiger partial charge on any atom is -0.339 e. The maximum atomic E-state index is 13.2. The van der Waals surface area contributed by atoms with E-state index in [0.717, 1.165) is 24.1 Å². The highest BCUT2D eigenvalue weighted by molar-refractivity contribution is 5.99. The molecule has 0 bridgehead atoms. The van der Waals surface area contributed by atoms with Gasteiger partial charge in [-0.05, 0) is 43.2 Å². The van der Waals surface area contributed by atoms with Crippen molar-refractivity contribution in [1.82, 2.24) is 19.5 Å². The molecular formula is C19H21FN4O. The Morgan fingerprint density at radius 1 is 1.12 bits per heavy atom. The molecule has 25 heavy (non-hydrogen) atoms. The first-order valence-corrected chi connectivity index (χ1v) is 8.53.